The molecule has 0 spiro atoms. The number of halogens is 1. The maximum atomic E-state index is 11.3. The van der Waals surface area contributed by atoms with E-state index in [1.807, 2.05) is 0 Å². The third kappa shape index (κ3) is 4.33. The fourth-order valence-electron chi connectivity index (χ4n) is 1.10. The third-order valence-corrected chi connectivity index (χ3v) is 3.69. The number of hydrogen-bond acceptors (Lipinski definition) is 6. The van der Waals surface area contributed by atoms with Crippen LogP contribution < -0.4 is 15.8 Å². The summed E-state index contributed by atoms with van der Waals surface area (Å²) in [5.41, 5.74) is 5.47. The van der Waals surface area contributed by atoms with Crippen molar-refractivity contribution in [3.8, 4) is 0 Å². The van der Waals surface area contributed by atoms with Gasteiger partial charge in [-0.25, -0.2) is 23.1 Å². The van der Waals surface area contributed by atoms with Gasteiger partial charge in [0.1, 0.15) is 23.0 Å². The zero-order valence-electron chi connectivity index (χ0n) is 9.27. The summed E-state index contributed by atoms with van der Waals surface area (Å²) >= 11 is 5.83. The molecule has 0 aromatic carbocycles. The van der Waals surface area contributed by atoms with E-state index in [4.69, 9.17) is 17.3 Å². The van der Waals surface area contributed by atoms with Crippen LogP contribution in [0.5, 0.6) is 0 Å². The van der Waals surface area contributed by atoms with Crippen LogP contribution in [0.2, 0.25) is 5.02 Å². The van der Waals surface area contributed by atoms with Gasteiger partial charge in [-0.3, -0.25) is 0 Å². The highest BCUT2D eigenvalue weighted by Gasteiger charge is 2.10. The Morgan fingerprint density at radius 3 is 2.82 bits per heavy atom. The predicted molar refractivity (Wildman–Crippen MR) is 67.4 cm³/mol. The van der Waals surface area contributed by atoms with Crippen molar-refractivity contribution in [2.75, 3.05) is 29.9 Å². The summed E-state index contributed by atoms with van der Waals surface area (Å²) < 4.78 is 25.0. The lowest BCUT2D eigenvalue weighted by Gasteiger charge is -2.08. The molecule has 0 atom stereocenters. The highest BCUT2D eigenvalue weighted by Crippen LogP contribution is 2.22. The zero-order valence-corrected chi connectivity index (χ0v) is 10.8. The Hall–Kier alpha value is -1.12. The topological polar surface area (TPSA) is 110 Å². The smallest absolute Gasteiger partial charge is 0.213 e. The molecule has 0 unspecified atom stereocenters. The predicted octanol–water partition coefficient (Wildman–Crippen LogP) is 0.0634. The summed E-state index contributed by atoms with van der Waals surface area (Å²) in [5, 5.41) is 2.97. The van der Waals surface area contributed by atoms with Gasteiger partial charge in [0, 0.05) is 13.1 Å². The van der Waals surface area contributed by atoms with E-state index in [9.17, 15) is 8.42 Å². The van der Waals surface area contributed by atoms with Crippen molar-refractivity contribution in [3.05, 3.63) is 11.3 Å². The van der Waals surface area contributed by atoms with Gasteiger partial charge in [0.05, 0.1) is 5.75 Å². The molecule has 17 heavy (non-hydrogen) atoms. The number of nitrogen functional groups attached to an aromatic ring is 1. The summed E-state index contributed by atoms with van der Waals surface area (Å²) in [4.78, 5) is 7.55. The zero-order chi connectivity index (χ0) is 12.9. The molecule has 0 saturated heterocycles. The van der Waals surface area contributed by atoms with Crippen LogP contribution in [0, 0.1) is 0 Å². The lowest BCUT2D eigenvalue weighted by atomic mass is 10.5. The van der Waals surface area contributed by atoms with Crippen LogP contribution in [-0.2, 0) is 10.0 Å². The minimum Gasteiger partial charge on any atom is -0.382 e. The van der Waals surface area contributed by atoms with Crippen molar-refractivity contribution >= 4 is 33.3 Å². The largest absolute Gasteiger partial charge is 0.382 e. The Labute approximate surface area is 105 Å². The molecule has 7 nitrogen and oxygen atoms in total. The number of anilines is 2. The minimum absolute atomic E-state index is 0.0684. The van der Waals surface area contributed by atoms with Crippen LogP contribution in [0.1, 0.15) is 6.92 Å². The Bertz CT molecular complexity index is 479. The maximum Gasteiger partial charge on any atom is 0.213 e. The SMILES string of the molecule is CCNS(=O)(=O)CCNc1ncnc(N)c1Cl. The molecule has 0 aliphatic carbocycles. The number of rotatable bonds is 6. The summed E-state index contributed by atoms with van der Waals surface area (Å²) in [6.45, 7) is 2.27. The Morgan fingerprint density at radius 1 is 1.47 bits per heavy atom. The van der Waals surface area contributed by atoms with Crippen molar-refractivity contribution in [1.82, 2.24) is 14.7 Å². The molecular weight excluding hydrogens is 266 g/mol. The normalized spacial score (nSPS) is 11.4. The quantitative estimate of drug-likeness (QED) is 0.679. The highest BCUT2D eigenvalue weighted by molar-refractivity contribution is 7.89. The number of nitrogens with one attached hydrogen (secondary N) is 2. The number of nitrogens with two attached hydrogens (primary N) is 1. The molecule has 1 aromatic heterocycles. The summed E-state index contributed by atoms with van der Waals surface area (Å²) in [6, 6.07) is 0. The van der Waals surface area contributed by atoms with Crippen LogP contribution >= 0.6 is 11.6 Å². The van der Waals surface area contributed by atoms with Gasteiger partial charge < -0.3 is 11.1 Å². The van der Waals surface area contributed by atoms with Gasteiger partial charge in [-0.05, 0) is 0 Å². The van der Waals surface area contributed by atoms with Gasteiger partial charge >= 0.3 is 0 Å². The molecule has 1 aromatic rings. The molecule has 0 radical (unpaired) electrons. The fraction of sp³-hybridized carbons (Fsp3) is 0.500. The first-order chi connectivity index (χ1) is 7.96. The first kappa shape index (κ1) is 13.9. The van der Waals surface area contributed by atoms with Gasteiger partial charge in [-0.2, -0.15) is 0 Å². The average molecular weight is 280 g/mol. The fourth-order valence-corrected chi connectivity index (χ4v) is 2.22. The minimum atomic E-state index is -3.26. The second-order valence-electron chi connectivity index (χ2n) is 3.17. The van der Waals surface area contributed by atoms with Crippen molar-refractivity contribution in [1.29, 1.82) is 0 Å². The summed E-state index contributed by atoms with van der Waals surface area (Å²) in [6.07, 6.45) is 1.25. The highest BCUT2D eigenvalue weighted by atomic mass is 35.5. The van der Waals surface area contributed by atoms with Crippen LogP contribution in [-0.4, -0.2) is 37.2 Å². The van der Waals surface area contributed by atoms with E-state index in [-0.39, 0.29) is 23.1 Å². The molecule has 4 N–H and O–H groups in total. The van der Waals surface area contributed by atoms with Crippen molar-refractivity contribution < 1.29 is 8.42 Å². The van der Waals surface area contributed by atoms with E-state index in [0.29, 0.717) is 12.4 Å². The first-order valence-electron chi connectivity index (χ1n) is 4.93. The van der Waals surface area contributed by atoms with Gasteiger partial charge in [0.2, 0.25) is 10.0 Å². The van der Waals surface area contributed by atoms with Crippen LogP contribution in [0.15, 0.2) is 6.33 Å². The summed E-state index contributed by atoms with van der Waals surface area (Å²) in [7, 11) is -3.26. The molecule has 0 aliphatic heterocycles. The van der Waals surface area contributed by atoms with E-state index >= 15 is 0 Å². The number of aromatic nitrogens is 2. The molecule has 0 saturated carbocycles. The molecule has 0 amide bonds. The molecule has 96 valence electrons. The molecule has 0 aliphatic rings. The van der Waals surface area contributed by atoms with Crippen molar-refractivity contribution in [2.45, 2.75) is 6.92 Å². The number of sulfonamides is 1. The molecule has 0 fully saturated rings. The van der Waals surface area contributed by atoms with Crippen LogP contribution in [0.25, 0.3) is 0 Å². The number of hydrogen-bond donors (Lipinski definition) is 3. The monoisotopic (exact) mass is 279 g/mol. The number of nitrogens with zero attached hydrogens (tertiary/aromatic N) is 2. The average Bonchev–Trinajstić information content (AvgIpc) is 2.24. The molecule has 1 heterocycles. The van der Waals surface area contributed by atoms with E-state index in [0.717, 1.165) is 0 Å². The van der Waals surface area contributed by atoms with Crippen molar-refractivity contribution in [2.24, 2.45) is 0 Å². The van der Waals surface area contributed by atoms with E-state index in [1.165, 1.54) is 6.33 Å². The molecule has 9 heteroatoms. The second-order valence-corrected chi connectivity index (χ2v) is 5.47. The van der Waals surface area contributed by atoms with Crippen LogP contribution in [0.4, 0.5) is 11.6 Å². The second kappa shape index (κ2) is 5.99. The van der Waals surface area contributed by atoms with Gasteiger partial charge in [-0.15, -0.1) is 0 Å². The van der Waals surface area contributed by atoms with E-state index < -0.39 is 10.0 Å². The molecule has 1 rings (SSSR count). The maximum absolute atomic E-state index is 11.3. The van der Waals surface area contributed by atoms with E-state index in [1.54, 1.807) is 6.92 Å². The Kier molecular flexibility index (Phi) is 4.91. The Balaban J connectivity index is 2.55. The lowest BCUT2D eigenvalue weighted by molar-refractivity contribution is 0.584. The van der Waals surface area contributed by atoms with Gasteiger partial charge in [-0.1, -0.05) is 18.5 Å². The van der Waals surface area contributed by atoms with Crippen molar-refractivity contribution in [3.63, 3.8) is 0 Å². The molecule has 0 bridgehead atoms. The lowest BCUT2D eigenvalue weighted by Crippen LogP contribution is -2.29. The Morgan fingerprint density at radius 2 is 2.18 bits per heavy atom. The first-order valence-corrected chi connectivity index (χ1v) is 6.96. The van der Waals surface area contributed by atoms with Gasteiger partial charge in [0.15, 0.2) is 0 Å². The van der Waals surface area contributed by atoms with Gasteiger partial charge in [0.25, 0.3) is 0 Å². The third-order valence-electron chi connectivity index (χ3n) is 1.84. The van der Waals surface area contributed by atoms with E-state index in [2.05, 4.69) is 20.0 Å². The molecular formula is C8H14ClN5O2S. The standard InChI is InChI=1S/C8H14ClN5O2S/c1-2-14-17(15,16)4-3-11-8-6(9)7(10)12-5-13-8/h5,14H,2-4H2,1H3,(H3,10,11,12,13). The summed E-state index contributed by atoms with van der Waals surface area (Å²) in [5.74, 6) is 0.408. The van der Waals surface area contributed by atoms with Crippen LogP contribution in [0.3, 0.4) is 0 Å².